The number of aromatic nitrogens is 3. The molecule has 160 valence electrons. The maximum Gasteiger partial charge on any atom is 1.00 e. The van der Waals surface area contributed by atoms with Crippen molar-refractivity contribution in [2.45, 2.75) is 11.4 Å². The zero-order valence-corrected chi connectivity index (χ0v) is 20.7. The molecule has 1 saturated heterocycles. The smallest absolute Gasteiger partial charge is 0.543 e. The Balaban J connectivity index is 0.00000289. The number of carboxylic acids is 1. The van der Waals surface area contributed by atoms with Gasteiger partial charge in [0.05, 0.1) is 17.4 Å². The van der Waals surface area contributed by atoms with E-state index < -0.39 is 34.9 Å². The summed E-state index contributed by atoms with van der Waals surface area (Å²) in [6, 6.07) is -1.01. The number of allylic oxidation sites excluding steroid dienone is 1. The predicted octanol–water partition coefficient (Wildman–Crippen LogP) is -4.12. The van der Waals surface area contributed by atoms with Crippen LogP contribution in [0.2, 0.25) is 0 Å². The molecule has 2 amide bonds. The molecule has 12 nitrogen and oxygen atoms in total. The molecule has 2 aromatic rings. The molecule has 0 radical (unpaired) electrons. The van der Waals surface area contributed by atoms with E-state index in [0.717, 1.165) is 27.8 Å². The van der Waals surface area contributed by atoms with Crippen molar-refractivity contribution in [3.63, 3.8) is 0 Å². The number of thiazole rings is 1. The average Bonchev–Trinajstić information content (AvgIpc) is 3.42. The monoisotopic (exact) mass is 501 g/mol. The van der Waals surface area contributed by atoms with Crippen molar-refractivity contribution in [1.82, 2.24) is 24.8 Å². The summed E-state index contributed by atoms with van der Waals surface area (Å²) in [5, 5.41) is 32.8. The van der Waals surface area contributed by atoms with Crippen LogP contribution in [0.1, 0.15) is 11.4 Å². The van der Waals surface area contributed by atoms with E-state index in [-0.39, 0.29) is 51.8 Å². The standard InChI is InChI=1S/C16H13N7O5S3.Na/c17-16-18-8(5-30-16)9(21-28)12(24)19-10-13(25)23-11(15(26)27)6(3-29-14(10)23)1-2-7-4-31-22-20-7;/h1-2,4-5,10,14,28H,3H2,(H2,17,18)(H,19,24)(H,26,27);/q;+1/p-1/b2-1-,21-9-;. The van der Waals surface area contributed by atoms with E-state index in [1.807, 2.05) is 0 Å². The summed E-state index contributed by atoms with van der Waals surface area (Å²) in [4.78, 5) is 41.9. The van der Waals surface area contributed by atoms with Crippen molar-refractivity contribution < 1.29 is 54.3 Å². The van der Waals surface area contributed by atoms with E-state index in [4.69, 9.17) is 5.73 Å². The number of nitrogens with zero attached hydrogens (tertiary/aromatic N) is 5. The second-order valence-corrected chi connectivity index (χ2v) is 8.81. The second-order valence-electron chi connectivity index (χ2n) is 6.20. The molecule has 0 bridgehead atoms. The van der Waals surface area contributed by atoms with Crippen molar-refractivity contribution in [2.24, 2.45) is 5.16 Å². The quantitative estimate of drug-likeness (QED) is 0.115. The molecule has 1 fully saturated rings. The van der Waals surface area contributed by atoms with Gasteiger partial charge in [-0.05, 0) is 23.2 Å². The van der Waals surface area contributed by atoms with Crippen molar-refractivity contribution in [3.05, 3.63) is 39.5 Å². The van der Waals surface area contributed by atoms with E-state index in [1.165, 1.54) is 17.1 Å². The van der Waals surface area contributed by atoms with Crippen molar-refractivity contribution in [1.29, 1.82) is 0 Å². The van der Waals surface area contributed by atoms with Gasteiger partial charge in [-0.1, -0.05) is 15.7 Å². The predicted molar refractivity (Wildman–Crippen MR) is 111 cm³/mol. The topological polar surface area (TPSA) is 187 Å². The van der Waals surface area contributed by atoms with Crippen LogP contribution in [-0.2, 0) is 14.4 Å². The van der Waals surface area contributed by atoms with Crippen LogP contribution >= 0.6 is 34.6 Å². The van der Waals surface area contributed by atoms with Gasteiger partial charge in [-0.2, -0.15) is 0 Å². The minimum atomic E-state index is -1.50. The number of thioether (sulfide) groups is 1. The van der Waals surface area contributed by atoms with Crippen LogP contribution in [0.5, 0.6) is 0 Å². The molecule has 2 aliphatic heterocycles. The molecule has 2 unspecified atom stereocenters. The van der Waals surface area contributed by atoms with Gasteiger partial charge in [-0.15, -0.1) is 28.2 Å². The van der Waals surface area contributed by atoms with Gasteiger partial charge in [-0.25, -0.2) is 4.98 Å². The molecule has 2 atom stereocenters. The Labute approximate surface area is 214 Å². The zero-order valence-electron chi connectivity index (χ0n) is 16.3. The SMILES string of the molecule is Nc1nc(/C(=N/O)C(=O)NC2C(=O)N3C(C(=O)[O-])=C(/C=C\c4csnn4)CSC23)cs1.[Na+]. The minimum Gasteiger partial charge on any atom is -0.543 e. The number of nitrogens with one attached hydrogen (secondary N) is 1. The molecule has 2 aliphatic rings. The Bertz CT molecular complexity index is 1150. The third-order valence-electron chi connectivity index (χ3n) is 4.39. The molecule has 0 spiro atoms. The van der Waals surface area contributed by atoms with Gasteiger partial charge in [0.1, 0.15) is 17.1 Å². The third-order valence-corrected chi connectivity index (χ3v) is 6.89. The largest absolute Gasteiger partial charge is 1.00 e. The first-order valence-electron chi connectivity index (χ1n) is 8.49. The summed E-state index contributed by atoms with van der Waals surface area (Å²) >= 11 is 3.48. The number of carboxylic acid groups (broad SMARTS) is 1. The number of amides is 2. The van der Waals surface area contributed by atoms with Gasteiger partial charge in [0.25, 0.3) is 11.8 Å². The Morgan fingerprint density at radius 1 is 1.38 bits per heavy atom. The van der Waals surface area contributed by atoms with Crippen LogP contribution in [0, 0.1) is 0 Å². The molecule has 4 N–H and O–H groups in total. The van der Waals surface area contributed by atoms with E-state index in [0.29, 0.717) is 11.3 Å². The molecule has 16 heteroatoms. The Morgan fingerprint density at radius 3 is 2.75 bits per heavy atom. The summed E-state index contributed by atoms with van der Waals surface area (Å²) in [7, 11) is 0. The van der Waals surface area contributed by atoms with Crippen LogP contribution in [0.4, 0.5) is 5.13 Å². The number of carbonyl (C=O) groups is 3. The zero-order chi connectivity index (χ0) is 22.1. The maximum absolute atomic E-state index is 12.7. The van der Waals surface area contributed by atoms with Gasteiger partial charge in [0.15, 0.2) is 10.8 Å². The van der Waals surface area contributed by atoms with E-state index in [2.05, 4.69) is 25.0 Å². The fourth-order valence-corrected chi connectivity index (χ4v) is 5.30. The Hall–Kier alpha value is -2.30. The number of rotatable bonds is 6. The fraction of sp³-hybridized carbons (Fsp3) is 0.188. The van der Waals surface area contributed by atoms with Crippen LogP contribution in [0.3, 0.4) is 0 Å². The van der Waals surface area contributed by atoms with Crippen LogP contribution in [0.25, 0.3) is 6.08 Å². The summed E-state index contributed by atoms with van der Waals surface area (Å²) in [5.74, 6) is -2.70. The minimum absolute atomic E-state index is 0. The number of aliphatic carboxylic acids is 1. The first-order valence-corrected chi connectivity index (χ1v) is 11.3. The summed E-state index contributed by atoms with van der Waals surface area (Å²) in [6.45, 7) is 0. The van der Waals surface area contributed by atoms with E-state index in [9.17, 15) is 24.7 Å². The van der Waals surface area contributed by atoms with Crippen molar-refractivity contribution in [2.75, 3.05) is 11.5 Å². The van der Waals surface area contributed by atoms with Gasteiger partial charge in [0, 0.05) is 16.5 Å². The molecule has 4 rings (SSSR count). The number of hydrogen-bond acceptors (Lipinski definition) is 13. The number of hydrogen-bond donors (Lipinski definition) is 3. The summed E-state index contributed by atoms with van der Waals surface area (Å²) < 4.78 is 3.72. The number of oxime groups is 1. The number of nitrogens with two attached hydrogens (primary N) is 1. The van der Waals surface area contributed by atoms with Gasteiger partial charge < -0.3 is 26.2 Å². The van der Waals surface area contributed by atoms with Crippen LogP contribution in [0.15, 0.2) is 33.3 Å². The normalized spacial score (nSPS) is 20.6. The van der Waals surface area contributed by atoms with Gasteiger partial charge >= 0.3 is 29.6 Å². The summed E-state index contributed by atoms with van der Waals surface area (Å²) in [5.41, 5.74) is 5.85. The Kier molecular flexibility index (Phi) is 7.68. The maximum atomic E-state index is 12.7. The van der Waals surface area contributed by atoms with Crippen LogP contribution in [-0.4, -0.2) is 65.3 Å². The van der Waals surface area contributed by atoms with E-state index in [1.54, 1.807) is 17.5 Å². The molecule has 4 heterocycles. The average molecular weight is 502 g/mol. The van der Waals surface area contributed by atoms with Crippen LogP contribution < -0.4 is 45.7 Å². The summed E-state index contributed by atoms with van der Waals surface area (Å²) in [6.07, 6.45) is 3.14. The number of carbonyl (C=O) groups excluding carboxylic acids is 3. The number of fused-ring (bicyclic) bond motifs is 1. The first-order chi connectivity index (χ1) is 14.9. The van der Waals surface area contributed by atoms with Crippen molar-refractivity contribution in [3.8, 4) is 0 Å². The number of β-lactam (4-membered cyclic amide) rings is 1. The Morgan fingerprint density at radius 2 is 2.16 bits per heavy atom. The third kappa shape index (κ3) is 4.57. The molecule has 2 aromatic heterocycles. The number of nitrogen functional groups attached to an aromatic ring is 1. The molecular weight excluding hydrogens is 489 g/mol. The molecular formula is C16H12N7NaO5S3. The van der Waals surface area contributed by atoms with Gasteiger partial charge in [-0.3, -0.25) is 14.5 Å². The molecule has 0 aliphatic carbocycles. The van der Waals surface area contributed by atoms with E-state index >= 15 is 0 Å². The number of anilines is 1. The molecule has 32 heavy (non-hydrogen) atoms. The van der Waals surface area contributed by atoms with Crippen molar-refractivity contribution >= 4 is 69.3 Å². The fourth-order valence-electron chi connectivity index (χ4n) is 3.01. The van der Waals surface area contributed by atoms with Gasteiger partial charge in [0.2, 0.25) is 0 Å². The first kappa shape index (κ1) is 24.3. The molecule has 0 aromatic carbocycles. The molecule has 0 saturated carbocycles. The second kappa shape index (κ2) is 10.1.